The van der Waals surface area contributed by atoms with Gasteiger partial charge in [-0.3, -0.25) is 4.79 Å². The lowest BCUT2D eigenvalue weighted by Crippen LogP contribution is -2.35. The minimum Gasteiger partial charge on any atom is -0.368 e. The van der Waals surface area contributed by atoms with Gasteiger partial charge in [-0.05, 0) is 45.3 Å². The number of unbranched alkanes of at least 4 members (excludes halogenated alkanes) is 1. The highest BCUT2D eigenvalue weighted by Crippen LogP contribution is 2.11. The van der Waals surface area contributed by atoms with Crippen molar-refractivity contribution in [3.05, 3.63) is 0 Å². The van der Waals surface area contributed by atoms with Crippen LogP contribution >= 0.6 is 0 Å². The van der Waals surface area contributed by atoms with Crippen molar-refractivity contribution in [1.29, 1.82) is 0 Å². The molecule has 1 amide bonds. The summed E-state index contributed by atoms with van der Waals surface area (Å²) in [7, 11) is 0. The van der Waals surface area contributed by atoms with Gasteiger partial charge >= 0.3 is 0 Å². The fourth-order valence-corrected chi connectivity index (χ4v) is 2.11. The maximum absolute atomic E-state index is 11.6. The summed E-state index contributed by atoms with van der Waals surface area (Å²) < 4.78 is 5.32. The largest absolute Gasteiger partial charge is 0.368 e. The van der Waals surface area contributed by atoms with Crippen LogP contribution in [0.5, 0.6) is 0 Å². The molecule has 0 aromatic heterocycles. The van der Waals surface area contributed by atoms with Gasteiger partial charge in [-0.15, -0.1) is 0 Å². The third kappa shape index (κ3) is 5.50. The SMILES string of the molecule is CCN(CC)CCCCNC(=O)C1CCCO1. The van der Waals surface area contributed by atoms with E-state index in [0.717, 1.165) is 58.5 Å². The van der Waals surface area contributed by atoms with Crippen LogP contribution in [0.25, 0.3) is 0 Å². The van der Waals surface area contributed by atoms with Crippen LogP contribution in [0, 0.1) is 0 Å². The summed E-state index contributed by atoms with van der Waals surface area (Å²) >= 11 is 0. The van der Waals surface area contributed by atoms with Crippen LogP contribution in [0.4, 0.5) is 0 Å². The van der Waals surface area contributed by atoms with E-state index in [-0.39, 0.29) is 12.0 Å². The standard InChI is InChI=1S/C13H26N2O2/c1-3-15(4-2)10-6-5-9-14-13(16)12-8-7-11-17-12/h12H,3-11H2,1-2H3,(H,14,16). The molecule has 0 aromatic carbocycles. The first-order valence-electron chi connectivity index (χ1n) is 6.89. The van der Waals surface area contributed by atoms with Gasteiger partial charge < -0.3 is 15.0 Å². The van der Waals surface area contributed by atoms with E-state index in [9.17, 15) is 4.79 Å². The van der Waals surface area contributed by atoms with Gasteiger partial charge in [0.05, 0.1) is 0 Å². The van der Waals surface area contributed by atoms with Crippen LogP contribution in [0.15, 0.2) is 0 Å². The van der Waals surface area contributed by atoms with Gasteiger partial charge in [0.1, 0.15) is 6.10 Å². The van der Waals surface area contributed by atoms with E-state index in [0.29, 0.717) is 0 Å². The average Bonchev–Trinajstić information content (AvgIpc) is 2.87. The summed E-state index contributed by atoms with van der Waals surface area (Å²) in [6, 6.07) is 0. The van der Waals surface area contributed by atoms with Crippen molar-refractivity contribution in [1.82, 2.24) is 10.2 Å². The molecule has 1 saturated heterocycles. The molecule has 1 rings (SSSR count). The molecule has 0 saturated carbocycles. The summed E-state index contributed by atoms with van der Waals surface area (Å²) in [5.41, 5.74) is 0. The van der Waals surface area contributed by atoms with Gasteiger partial charge in [0.2, 0.25) is 5.91 Å². The first-order valence-corrected chi connectivity index (χ1v) is 6.89. The Morgan fingerprint density at radius 1 is 1.35 bits per heavy atom. The Hall–Kier alpha value is -0.610. The zero-order valence-electron chi connectivity index (χ0n) is 11.2. The van der Waals surface area contributed by atoms with Crippen LogP contribution < -0.4 is 5.32 Å². The Balaban J connectivity index is 1.98. The van der Waals surface area contributed by atoms with E-state index in [2.05, 4.69) is 24.1 Å². The molecule has 1 aliphatic rings. The average molecular weight is 242 g/mol. The third-order valence-corrected chi connectivity index (χ3v) is 3.32. The third-order valence-electron chi connectivity index (χ3n) is 3.32. The lowest BCUT2D eigenvalue weighted by molar-refractivity contribution is -0.130. The van der Waals surface area contributed by atoms with E-state index in [1.165, 1.54) is 0 Å². The van der Waals surface area contributed by atoms with Crippen LogP contribution in [0.3, 0.4) is 0 Å². The molecule has 4 nitrogen and oxygen atoms in total. The highest BCUT2D eigenvalue weighted by Gasteiger charge is 2.22. The Morgan fingerprint density at radius 2 is 2.12 bits per heavy atom. The number of amides is 1. The zero-order chi connectivity index (χ0) is 12.5. The number of rotatable bonds is 8. The molecule has 1 N–H and O–H groups in total. The zero-order valence-corrected chi connectivity index (χ0v) is 11.2. The Kier molecular flexibility index (Phi) is 7.21. The second-order valence-electron chi connectivity index (χ2n) is 4.53. The fourth-order valence-electron chi connectivity index (χ4n) is 2.11. The first-order chi connectivity index (χ1) is 8.27. The Morgan fingerprint density at radius 3 is 2.71 bits per heavy atom. The second-order valence-corrected chi connectivity index (χ2v) is 4.53. The van der Waals surface area contributed by atoms with Gasteiger partial charge in [0.25, 0.3) is 0 Å². The highest BCUT2D eigenvalue weighted by atomic mass is 16.5. The van der Waals surface area contributed by atoms with Gasteiger partial charge in [0.15, 0.2) is 0 Å². The number of nitrogens with zero attached hydrogens (tertiary/aromatic N) is 1. The van der Waals surface area contributed by atoms with E-state index in [1.807, 2.05) is 0 Å². The van der Waals surface area contributed by atoms with Crippen molar-refractivity contribution >= 4 is 5.91 Å². The van der Waals surface area contributed by atoms with Crippen molar-refractivity contribution in [3.63, 3.8) is 0 Å². The van der Waals surface area contributed by atoms with Gasteiger partial charge in [-0.25, -0.2) is 0 Å². The van der Waals surface area contributed by atoms with Crippen molar-refractivity contribution in [2.75, 3.05) is 32.8 Å². The number of ether oxygens (including phenoxy) is 1. The van der Waals surface area contributed by atoms with Crippen molar-refractivity contribution < 1.29 is 9.53 Å². The summed E-state index contributed by atoms with van der Waals surface area (Å²) in [4.78, 5) is 14.0. The lowest BCUT2D eigenvalue weighted by Gasteiger charge is -2.17. The molecule has 1 aliphatic heterocycles. The molecule has 0 bridgehead atoms. The summed E-state index contributed by atoms with van der Waals surface area (Å²) in [5, 5.41) is 2.95. The molecule has 100 valence electrons. The predicted molar refractivity (Wildman–Crippen MR) is 69.0 cm³/mol. The molecule has 0 aliphatic carbocycles. The van der Waals surface area contributed by atoms with E-state index < -0.39 is 0 Å². The number of carbonyl (C=O) groups is 1. The van der Waals surface area contributed by atoms with Crippen molar-refractivity contribution in [2.45, 2.75) is 45.6 Å². The van der Waals surface area contributed by atoms with Crippen LogP contribution in [0.2, 0.25) is 0 Å². The normalized spacial score (nSPS) is 19.8. The van der Waals surface area contributed by atoms with Gasteiger partial charge in [-0.1, -0.05) is 13.8 Å². The molecular weight excluding hydrogens is 216 g/mol. The minimum atomic E-state index is -0.183. The molecule has 1 unspecified atom stereocenters. The molecule has 0 spiro atoms. The van der Waals surface area contributed by atoms with Gasteiger partial charge in [0, 0.05) is 13.2 Å². The molecule has 4 heteroatoms. The van der Waals surface area contributed by atoms with Crippen LogP contribution in [-0.4, -0.2) is 49.7 Å². The molecular formula is C13H26N2O2. The smallest absolute Gasteiger partial charge is 0.249 e. The van der Waals surface area contributed by atoms with Crippen molar-refractivity contribution in [3.8, 4) is 0 Å². The second kappa shape index (κ2) is 8.48. The summed E-state index contributed by atoms with van der Waals surface area (Å²) in [6.07, 6.45) is 3.91. The van der Waals surface area contributed by atoms with Crippen LogP contribution in [0.1, 0.15) is 39.5 Å². The molecule has 1 fully saturated rings. The fraction of sp³-hybridized carbons (Fsp3) is 0.923. The molecule has 1 heterocycles. The Bertz CT molecular complexity index is 211. The summed E-state index contributed by atoms with van der Waals surface area (Å²) in [5.74, 6) is 0.0744. The minimum absolute atomic E-state index is 0.0744. The number of hydrogen-bond donors (Lipinski definition) is 1. The number of hydrogen-bond acceptors (Lipinski definition) is 3. The van der Waals surface area contributed by atoms with Crippen molar-refractivity contribution in [2.24, 2.45) is 0 Å². The van der Waals surface area contributed by atoms with E-state index >= 15 is 0 Å². The highest BCUT2D eigenvalue weighted by molar-refractivity contribution is 5.80. The molecule has 1 atom stereocenters. The van der Waals surface area contributed by atoms with E-state index in [1.54, 1.807) is 0 Å². The predicted octanol–water partition coefficient (Wildman–Crippen LogP) is 1.40. The topological polar surface area (TPSA) is 41.6 Å². The molecule has 0 radical (unpaired) electrons. The maximum Gasteiger partial charge on any atom is 0.249 e. The molecule has 0 aromatic rings. The quantitative estimate of drug-likeness (QED) is 0.654. The van der Waals surface area contributed by atoms with Crippen LogP contribution in [-0.2, 0) is 9.53 Å². The Labute approximate surface area is 105 Å². The van der Waals surface area contributed by atoms with E-state index in [4.69, 9.17) is 4.74 Å². The molecule has 17 heavy (non-hydrogen) atoms. The monoisotopic (exact) mass is 242 g/mol. The van der Waals surface area contributed by atoms with Gasteiger partial charge in [-0.2, -0.15) is 0 Å². The number of carbonyl (C=O) groups excluding carboxylic acids is 1. The first kappa shape index (κ1) is 14.5. The summed E-state index contributed by atoms with van der Waals surface area (Å²) in [6.45, 7) is 9.23. The lowest BCUT2D eigenvalue weighted by atomic mass is 10.2. The maximum atomic E-state index is 11.6. The number of nitrogens with one attached hydrogen (secondary N) is 1.